The van der Waals surface area contributed by atoms with E-state index in [0.717, 1.165) is 12.4 Å². The maximum absolute atomic E-state index is 12.9. The number of aromatic nitrogens is 2. The van der Waals surface area contributed by atoms with Crippen molar-refractivity contribution >= 4 is 16.0 Å². The van der Waals surface area contributed by atoms with Gasteiger partial charge in [0.2, 0.25) is 16.0 Å². The van der Waals surface area contributed by atoms with Crippen molar-refractivity contribution in [1.29, 1.82) is 0 Å². The molecule has 2 heterocycles. The Morgan fingerprint density at radius 2 is 2.00 bits per heavy atom. The molecule has 1 aromatic rings. The number of anilines is 1. The molecule has 1 aromatic heterocycles. The van der Waals surface area contributed by atoms with Gasteiger partial charge in [0.25, 0.3) is 0 Å². The molecule has 7 nitrogen and oxygen atoms in total. The van der Waals surface area contributed by atoms with Crippen molar-refractivity contribution in [2.24, 2.45) is 5.14 Å². The quantitative estimate of drug-likeness (QED) is 0.856. The zero-order chi connectivity index (χ0) is 15.6. The van der Waals surface area contributed by atoms with Gasteiger partial charge in [0.1, 0.15) is 0 Å². The summed E-state index contributed by atoms with van der Waals surface area (Å²) in [7, 11) is -3.69. The topological polar surface area (TPSA) is 98.4 Å². The van der Waals surface area contributed by atoms with Gasteiger partial charge in [0.15, 0.2) is 5.82 Å². The molecule has 1 aliphatic rings. The van der Waals surface area contributed by atoms with Gasteiger partial charge < -0.3 is 9.64 Å². The van der Waals surface area contributed by atoms with Crippen molar-refractivity contribution in [2.75, 3.05) is 18.0 Å². The van der Waals surface area contributed by atoms with Gasteiger partial charge in [-0.3, -0.25) is 0 Å². The highest BCUT2D eigenvalue weighted by Crippen LogP contribution is 2.22. The number of ether oxygens (including phenoxy) is 1. The number of sulfonamides is 1. The van der Waals surface area contributed by atoms with E-state index >= 15 is 0 Å². The van der Waals surface area contributed by atoms with E-state index in [2.05, 4.69) is 9.97 Å². The Hall–Kier alpha value is -1.32. The first-order valence-electron chi connectivity index (χ1n) is 6.65. The van der Waals surface area contributed by atoms with Crippen LogP contribution >= 0.6 is 0 Å². The third kappa shape index (κ3) is 4.32. The molecule has 0 aromatic carbocycles. The van der Waals surface area contributed by atoms with Crippen molar-refractivity contribution < 1.29 is 17.5 Å². The van der Waals surface area contributed by atoms with Crippen LogP contribution in [0.25, 0.3) is 0 Å². The first-order valence-corrected chi connectivity index (χ1v) is 8.26. The van der Waals surface area contributed by atoms with E-state index in [1.165, 1.54) is 0 Å². The van der Waals surface area contributed by atoms with Crippen LogP contribution in [0.15, 0.2) is 12.4 Å². The van der Waals surface area contributed by atoms with Crippen LogP contribution in [-0.4, -0.2) is 48.9 Å². The highest BCUT2D eigenvalue weighted by molar-refractivity contribution is 7.89. The van der Waals surface area contributed by atoms with Crippen LogP contribution < -0.4 is 10.0 Å². The van der Waals surface area contributed by atoms with Crippen LogP contribution in [0.4, 0.5) is 10.3 Å². The molecule has 2 rings (SSSR count). The number of hydrogen-bond acceptors (Lipinski definition) is 6. The molecule has 0 bridgehead atoms. The van der Waals surface area contributed by atoms with E-state index in [1.807, 2.05) is 13.8 Å². The third-order valence-corrected chi connectivity index (χ3v) is 4.46. The Morgan fingerprint density at radius 1 is 1.38 bits per heavy atom. The van der Waals surface area contributed by atoms with Gasteiger partial charge in [-0.2, -0.15) is 0 Å². The van der Waals surface area contributed by atoms with E-state index in [1.54, 1.807) is 4.90 Å². The van der Waals surface area contributed by atoms with Crippen molar-refractivity contribution in [3.8, 4) is 0 Å². The molecule has 0 radical (unpaired) electrons. The van der Waals surface area contributed by atoms with Gasteiger partial charge in [-0.05, 0) is 20.3 Å². The first-order chi connectivity index (χ1) is 9.75. The summed E-state index contributed by atoms with van der Waals surface area (Å²) in [6.07, 6.45) is 2.08. The van der Waals surface area contributed by atoms with Crippen LogP contribution in [0, 0.1) is 5.82 Å². The van der Waals surface area contributed by atoms with Crippen molar-refractivity contribution in [1.82, 2.24) is 9.97 Å². The molecule has 0 saturated carbocycles. The molecule has 0 aliphatic carbocycles. The molecule has 21 heavy (non-hydrogen) atoms. The van der Waals surface area contributed by atoms with Crippen LogP contribution in [0.1, 0.15) is 20.3 Å². The average molecular weight is 318 g/mol. The summed E-state index contributed by atoms with van der Waals surface area (Å²) in [5.74, 6) is -0.282. The fourth-order valence-electron chi connectivity index (χ4n) is 2.36. The summed E-state index contributed by atoms with van der Waals surface area (Å²) in [5, 5.41) is 4.50. The molecule has 118 valence electrons. The van der Waals surface area contributed by atoms with E-state index in [-0.39, 0.29) is 24.7 Å². The predicted molar refractivity (Wildman–Crippen MR) is 75.7 cm³/mol. The van der Waals surface area contributed by atoms with Crippen LogP contribution in [0.2, 0.25) is 0 Å². The molecular formula is C12H19FN4O3S. The number of halogens is 1. The molecule has 1 aliphatic heterocycles. The fourth-order valence-corrected chi connectivity index (χ4v) is 3.23. The lowest BCUT2D eigenvalue weighted by atomic mass is 10.1. The monoisotopic (exact) mass is 318 g/mol. The van der Waals surface area contributed by atoms with Crippen LogP contribution in [-0.2, 0) is 14.8 Å². The van der Waals surface area contributed by atoms with E-state index in [4.69, 9.17) is 9.88 Å². The standard InChI is InChI=1S/C12H19FN4O3S/c1-8(2)20-10-3-11(21(14,18)19)7-17(6-10)12-15-4-9(13)5-16-12/h4-5,8,10-11H,3,6-7H2,1-2H3,(H2,14,18,19)/t10-,11?/m1/s1. The SMILES string of the molecule is CC(C)O[C@@H]1CC(S(N)(=O)=O)CN(c2ncc(F)cn2)C1. The fraction of sp³-hybridized carbons (Fsp3) is 0.667. The summed E-state index contributed by atoms with van der Waals surface area (Å²) >= 11 is 0. The Bertz CT molecular complexity index is 579. The Balaban J connectivity index is 2.21. The number of nitrogens with two attached hydrogens (primary N) is 1. The van der Waals surface area contributed by atoms with Crippen LogP contribution in [0.5, 0.6) is 0 Å². The maximum atomic E-state index is 12.9. The van der Waals surface area contributed by atoms with Gasteiger partial charge in [0.05, 0.1) is 29.9 Å². The van der Waals surface area contributed by atoms with Gasteiger partial charge in [-0.1, -0.05) is 0 Å². The highest BCUT2D eigenvalue weighted by Gasteiger charge is 2.35. The molecule has 9 heteroatoms. The number of nitrogens with zero attached hydrogens (tertiary/aromatic N) is 3. The molecule has 2 N–H and O–H groups in total. The van der Waals surface area contributed by atoms with Crippen LogP contribution in [0.3, 0.4) is 0 Å². The summed E-state index contributed by atoms with van der Waals surface area (Å²) in [6.45, 7) is 4.36. The Morgan fingerprint density at radius 3 is 2.52 bits per heavy atom. The smallest absolute Gasteiger partial charge is 0.225 e. The Kier molecular flexibility index (Phi) is 4.74. The lowest BCUT2D eigenvalue weighted by Crippen LogP contribution is -2.52. The summed E-state index contributed by atoms with van der Waals surface area (Å²) in [5.41, 5.74) is 0. The van der Waals surface area contributed by atoms with E-state index < -0.39 is 21.1 Å². The third-order valence-electron chi connectivity index (χ3n) is 3.19. The second-order valence-corrected chi connectivity index (χ2v) is 7.20. The minimum Gasteiger partial charge on any atom is -0.374 e. The van der Waals surface area contributed by atoms with Gasteiger partial charge in [-0.15, -0.1) is 0 Å². The predicted octanol–water partition coefficient (Wildman–Crippen LogP) is 0.276. The molecule has 1 fully saturated rings. The van der Waals surface area contributed by atoms with Gasteiger partial charge >= 0.3 is 0 Å². The number of rotatable bonds is 4. The highest BCUT2D eigenvalue weighted by atomic mass is 32.2. The van der Waals surface area contributed by atoms with Crippen molar-refractivity contribution in [2.45, 2.75) is 37.7 Å². The number of piperidine rings is 1. The van der Waals surface area contributed by atoms with Crippen molar-refractivity contribution in [3.63, 3.8) is 0 Å². The van der Waals surface area contributed by atoms with Gasteiger partial charge in [-0.25, -0.2) is 27.9 Å². The van der Waals surface area contributed by atoms with E-state index in [9.17, 15) is 12.8 Å². The molecule has 2 atom stereocenters. The largest absolute Gasteiger partial charge is 0.374 e. The number of hydrogen-bond donors (Lipinski definition) is 1. The average Bonchev–Trinajstić information content (AvgIpc) is 2.37. The molecular weight excluding hydrogens is 299 g/mol. The summed E-state index contributed by atoms with van der Waals surface area (Å²) in [6, 6.07) is 0. The second kappa shape index (κ2) is 6.20. The first kappa shape index (κ1) is 16.1. The zero-order valence-corrected chi connectivity index (χ0v) is 12.8. The normalized spacial score (nSPS) is 23.6. The van der Waals surface area contributed by atoms with E-state index in [0.29, 0.717) is 13.0 Å². The zero-order valence-electron chi connectivity index (χ0n) is 11.9. The minimum absolute atomic E-state index is 0.0368. The Labute approximate surface area is 123 Å². The minimum atomic E-state index is -3.69. The van der Waals surface area contributed by atoms with Crippen molar-refractivity contribution in [3.05, 3.63) is 18.2 Å². The molecule has 1 unspecified atom stereocenters. The summed E-state index contributed by atoms with van der Waals surface area (Å²) in [4.78, 5) is 9.42. The second-order valence-electron chi connectivity index (χ2n) is 5.36. The molecule has 0 amide bonds. The lowest BCUT2D eigenvalue weighted by Gasteiger charge is -2.37. The van der Waals surface area contributed by atoms with Gasteiger partial charge in [0, 0.05) is 13.1 Å². The summed E-state index contributed by atoms with van der Waals surface area (Å²) < 4.78 is 41.9. The maximum Gasteiger partial charge on any atom is 0.225 e. The molecule has 0 spiro atoms. The number of primary sulfonamides is 1. The molecule has 1 saturated heterocycles. The lowest BCUT2D eigenvalue weighted by molar-refractivity contribution is 0.00144.